The number of benzene rings is 2. The summed E-state index contributed by atoms with van der Waals surface area (Å²) in [6.45, 7) is 12.9. The predicted molar refractivity (Wildman–Crippen MR) is 149 cm³/mol. The molecule has 3 aliphatic rings. The lowest BCUT2D eigenvalue weighted by Gasteiger charge is -2.31. The van der Waals surface area contributed by atoms with E-state index in [-0.39, 0.29) is 5.91 Å². The Labute approximate surface area is 211 Å². The molecule has 2 aromatic rings. The van der Waals surface area contributed by atoms with Crippen molar-refractivity contribution in [2.24, 2.45) is 5.92 Å². The molecule has 0 aromatic heterocycles. The Bertz CT molecular complexity index is 1140. The monoisotopic (exact) mass is 471 g/mol. The molecule has 5 rings (SSSR count). The van der Waals surface area contributed by atoms with Crippen LogP contribution in [0.1, 0.15) is 69.7 Å². The van der Waals surface area contributed by atoms with E-state index in [4.69, 9.17) is 0 Å². The molecule has 1 amide bonds. The van der Waals surface area contributed by atoms with Crippen LogP contribution in [-0.2, 0) is 0 Å². The highest BCUT2D eigenvalue weighted by molar-refractivity contribution is 6.26. The smallest absolute Gasteiger partial charge is 0.259 e. The van der Waals surface area contributed by atoms with Gasteiger partial charge in [-0.25, -0.2) is 0 Å². The predicted octanol–water partition coefficient (Wildman–Crippen LogP) is 6.80. The zero-order valence-corrected chi connectivity index (χ0v) is 21.9. The Morgan fingerprint density at radius 1 is 0.943 bits per heavy atom. The van der Waals surface area contributed by atoms with Gasteiger partial charge in [-0.15, -0.1) is 0 Å². The van der Waals surface area contributed by atoms with Crippen molar-refractivity contribution in [3.8, 4) is 0 Å². The van der Waals surface area contributed by atoms with Gasteiger partial charge in [0.05, 0.1) is 5.69 Å². The van der Waals surface area contributed by atoms with Gasteiger partial charge >= 0.3 is 0 Å². The van der Waals surface area contributed by atoms with E-state index >= 15 is 0 Å². The number of carbonyl (C=O) groups excluding carboxylic acids is 1. The molecule has 2 aliphatic heterocycles. The summed E-state index contributed by atoms with van der Waals surface area (Å²) in [5.41, 5.74) is 6.21. The highest BCUT2D eigenvalue weighted by Crippen LogP contribution is 2.43. The van der Waals surface area contributed by atoms with E-state index < -0.39 is 0 Å². The van der Waals surface area contributed by atoms with Gasteiger partial charge in [0.15, 0.2) is 0 Å². The third-order valence-electron chi connectivity index (χ3n) is 8.15. The number of rotatable bonds is 8. The molecule has 4 nitrogen and oxygen atoms in total. The molecule has 0 spiro atoms. The van der Waals surface area contributed by atoms with Crippen molar-refractivity contribution in [2.45, 2.75) is 59.3 Å². The summed E-state index contributed by atoms with van der Waals surface area (Å²) in [6.07, 6.45) is 12.1. The third-order valence-corrected chi connectivity index (χ3v) is 8.15. The minimum atomic E-state index is 0.198. The molecule has 0 unspecified atom stereocenters. The maximum absolute atomic E-state index is 13.3. The van der Waals surface area contributed by atoms with Crippen LogP contribution < -0.4 is 9.80 Å². The van der Waals surface area contributed by atoms with Crippen LogP contribution in [0.25, 0.3) is 10.8 Å². The first-order valence-electron chi connectivity index (χ1n) is 13.6. The zero-order valence-electron chi connectivity index (χ0n) is 21.9. The summed E-state index contributed by atoms with van der Waals surface area (Å²) in [5.74, 6) is 0.868. The van der Waals surface area contributed by atoms with Gasteiger partial charge in [-0.1, -0.05) is 41.9 Å². The minimum Gasteiger partial charge on any atom is -0.370 e. The number of allylic oxidation sites excluding steroid dienone is 3. The summed E-state index contributed by atoms with van der Waals surface area (Å²) < 4.78 is 0. The maximum atomic E-state index is 13.3. The van der Waals surface area contributed by atoms with Crippen LogP contribution in [0.5, 0.6) is 0 Å². The lowest BCUT2D eigenvalue weighted by Crippen LogP contribution is -2.34. The average molecular weight is 472 g/mol. The number of carbonyl (C=O) groups is 1. The van der Waals surface area contributed by atoms with E-state index in [0.717, 1.165) is 63.4 Å². The average Bonchev–Trinajstić information content (AvgIpc) is 2.96. The molecule has 0 radical (unpaired) electrons. The second kappa shape index (κ2) is 10.6. The lowest BCUT2D eigenvalue weighted by molar-refractivity contribution is 0.0984. The molecule has 0 bridgehead atoms. The molecule has 1 aliphatic carbocycles. The second-order valence-electron chi connectivity index (χ2n) is 11.1. The van der Waals surface area contributed by atoms with E-state index in [2.05, 4.69) is 71.9 Å². The summed E-state index contributed by atoms with van der Waals surface area (Å²) in [4.78, 5) is 20.5. The lowest BCUT2D eigenvalue weighted by atomic mass is 9.85. The van der Waals surface area contributed by atoms with Crippen molar-refractivity contribution in [2.75, 3.05) is 49.1 Å². The van der Waals surface area contributed by atoms with Gasteiger partial charge in [0.25, 0.3) is 5.91 Å². The van der Waals surface area contributed by atoms with Gasteiger partial charge in [-0.2, -0.15) is 0 Å². The van der Waals surface area contributed by atoms with Crippen LogP contribution in [0.2, 0.25) is 0 Å². The van der Waals surface area contributed by atoms with Gasteiger partial charge in [0.1, 0.15) is 0 Å². The number of nitrogens with zero attached hydrogens (tertiary/aromatic N) is 3. The van der Waals surface area contributed by atoms with E-state index in [1.54, 1.807) is 0 Å². The van der Waals surface area contributed by atoms with Gasteiger partial charge in [0, 0.05) is 61.3 Å². The number of hydrogen-bond acceptors (Lipinski definition) is 3. The van der Waals surface area contributed by atoms with E-state index in [1.807, 2.05) is 6.07 Å². The summed E-state index contributed by atoms with van der Waals surface area (Å²) in [5, 5.41) is 2.42. The fraction of sp³-hybridized carbons (Fsp3) is 0.516. The molecule has 1 saturated heterocycles. The summed E-state index contributed by atoms with van der Waals surface area (Å²) in [6, 6.07) is 10.8. The first-order valence-corrected chi connectivity index (χ1v) is 13.6. The van der Waals surface area contributed by atoms with Crippen LogP contribution in [0.15, 0.2) is 53.6 Å². The normalized spacial score (nSPS) is 19.3. The maximum Gasteiger partial charge on any atom is 0.259 e. The molecule has 2 fully saturated rings. The molecule has 2 heterocycles. The van der Waals surface area contributed by atoms with Crippen molar-refractivity contribution in [3.63, 3.8) is 0 Å². The molecule has 35 heavy (non-hydrogen) atoms. The fourth-order valence-electron chi connectivity index (χ4n) is 5.79. The summed E-state index contributed by atoms with van der Waals surface area (Å²) in [7, 11) is 0. The Morgan fingerprint density at radius 2 is 1.77 bits per heavy atom. The van der Waals surface area contributed by atoms with Crippen molar-refractivity contribution in [1.29, 1.82) is 0 Å². The van der Waals surface area contributed by atoms with Crippen molar-refractivity contribution >= 4 is 28.1 Å². The molecule has 2 aromatic carbocycles. The first kappa shape index (κ1) is 24.1. The van der Waals surface area contributed by atoms with Crippen LogP contribution in [0.4, 0.5) is 11.4 Å². The summed E-state index contributed by atoms with van der Waals surface area (Å²) >= 11 is 0. The zero-order chi connectivity index (χ0) is 24.4. The number of anilines is 2. The highest BCUT2D eigenvalue weighted by Gasteiger charge is 2.33. The van der Waals surface area contributed by atoms with Crippen LogP contribution in [0, 0.1) is 5.92 Å². The topological polar surface area (TPSA) is 26.8 Å². The van der Waals surface area contributed by atoms with Crippen molar-refractivity contribution < 1.29 is 4.79 Å². The van der Waals surface area contributed by atoms with Gasteiger partial charge in [-0.3, -0.25) is 9.69 Å². The molecule has 0 N–H and O–H groups in total. The first-order chi connectivity index (χ1) is 17.0. The molecule has 0 atom stereocenters. The molecular weight excluding hydrogens is 430 g/mol. The Morgan fingerprint density at radius 3 is 2.54 bits per heavy atom. The molecule has 1 saturated carbocycles. The minimum absolute atomic E-state index is 0.198. The van der Waals surface area contributed by atoms with Gasteiger partial charge in [0.2, 0.25) is 0 Å². The van der Waals surface area contributed by atoms with Gasteiger partial charge < -0.3 is 9.80 Å². The standard InChI is InChI=1S/C31H41N3O/c1-23(2)8-4-9-24(3)16-19-32-17-7-18-33(21-20-32)28-14-15-29-30-26(28)12-6-13-27(30)31(35)34(29)22-25-10-5-11-25/h6,8,12-16,25H,4-5,7,9-11,17-22H2,1-3H3. The van der Waals surface area contributed by atoms with Crippen molar-refractivity contribution in [3.05, 3.63) is 59.2 Å². The molecular formula is C31H41N3O. The number of hydrogen-bond donors (Lipinski definition) is 0. The van der Waals surface area contributed by atoms with Crippen LogP contribution >= 0.6 is 0 Å². The van der Waals surface area contributed by atoms with Crippen LogP contribution in [0.3, 0.4) is 0 Å². The number of amides is 1. The van der Waals surface area contributed by atoms with E-state index in [0.29, 0.717) is 5.92 Å². The SMILES string of the molecule is CC(C)=CCCC(C)=CCN1CCCN(c2ccc3c4c(cccc24)C(=O)N3CC2CCC2)CC1. The second-order valence-corrected chi connectivity index (χ2v) is 11.1. The van der Waals surface area contributed by atoms with E-state index in [9.17, 15) is 4.79 Å². The third kappa shape index (κ3) is 5.18. The molecule has 186 valence electrons. The Balaban J connectivity index is 1.28. The van der Waals surface area contributed by atoms with Crippen LogP contribution in [-0.4, -0.2) is 50.1 Å². The highest BCUT2D eigenvalue weighted by atomic mass is 16.2. The quantitative estimate of drug-likeness (QED) is 0.396. The molecule has 4 heteroatoms. The largest absolute Gasteiger partial charge is 0.370 e. The fourth-order valence-corrected chi connectivity index (χ4v) is 5.79. The Hall–Kier alpha value is -2.59. The van der Waals surface area contributed by atoms with E-state index in [1.165, 1.54) is 53.3 Å². The van der Waals surface area contributed by atoms with Crippen molar-refractivity contribution in [1.82, 2.24) is 4.90 Å². The Kier molecular flexibility index (Phi) is 7.29. The van der Waals surface area contributed by atoms with Gasteiger partial charge in [-0.05, 0) is 77.0 Å².